The van der Waals surface area contributed by atoms with E-state index in [4.69, 9.17) is 14.2 Å². The number of hydrogen-bond acceptors (Lipinski definition) is 4. The summed E-state index contributed by atoms with van der Waals surface area (Å²) < 4.78 is 15.9. The molecule has 0 radical (unpaired) electrons. The zero-order chi connectivity index (χ0) is 17.2. The molecule has 0 fully saturated rings. The number of nitrogens with zero attached hydrogens (tertiary/aromatic N) is 1. The van der Waals surface area contributed by atoms with Crippen molar-refractivity contribution in [1.29, 1.82) is 0 Å². The minimum atomic E-state index is 0.686. The van der Waals surface area contributed by atoms with Crippen LogP contribution in [0.3, 0.4) is 0 Å². The monoisotopic (exact) mass is 333 g/mol. The zero-order valence-corrected chi connectivity index (χ0v) is 14.7. The molecule has 0 unspecified atom stereocenters. The van der Waals surface area contributed by atoms with Gasteiger partial charge in [0.25, 0.3) is 0 Å². The summed E-state index contributed by atoms with van der Waals surface area (Å²) >= 11 is 0. The molecule has 0 saturated heterocycles. The lowest BCUT2D eigenvalue weighted by Gasteiger charge is -2.15. The van der Waals surface area contributed by atoms with Gasteiger partial charge in [0, 0.05) is 24.8 Å². The maximum Gasteiger partial charge on any atom is 0.195 e. The highest BCUT2D eigenvalue weighted by Gasteiger charge is 2.07. The van der Waals surface area contributed by atoms with Gasteiger partial charge in [-0.25, -0.2) is 0 Å². The summed E-state index contributed by atoms with van der Waals surface area (Å²) in [6, 6.07) is 5.71. The van der Waals surface area contributed by atoms with Gasteiger partial charge in [0.2, 0.25) is 0 Å². The highest BCUT2D eigenvalue weighted by Crippen LogP contribution is 2.29. The molecule has 1 aliphatic heterocycles. The summed E-state index contributed by atoms with van der Waals surface area (Å²) in [5.41, 5.74) is 2.32. The van der Waals surface area contributed by atoms with Crippen LogP contribution in [0, 0.1) is 0 Å². The van der Waals surface area contributed by atoms with Gasteiger partial charge in [0.1, 0.15) is 0 Å². The Morgan fingerprint density at radius 2 is 2.08 bits per heavy atom. The van der Waals surface area contributed by atoms with E-state index in [2.05, 4.69) is 21.7 Å². The molecule has 132 valence electrons. The Morgan fingerprint density at radius 3 is 2.75 bits per heavy atom. The molecule has 0 spiro atoms. The lowest BCUT2D eigenvalue weighted by molar-refractivity contribution is 0.153. The molecule has 0 atom stereocenters. The number of ether oxygens (including phenoxy) is 3. The largest absolute Gasteiger partial charge is 0.493 e. The molecule has 0 aliphatic carbocycles. The quantitative estimate of drug-likeness (QED) is 0.456. The summed E-state index contributed by atoms with van der Waals surface area (Å²) in [6.45, 7) is 5.14. The van der Waals surface area contributed by atoms with Crippen LogP contribution in [0.1, 0.15) is 19.8 Å². The van der Waals surface area contributed by atoms with E-state index >= 15 is 0 Å². The number of aliphatic imine (C=N–C) groups is 1. The average molecular weight is 333 g/mol. The summed E-state index contributed by atoms with van der Waals surface area (Å²) in [7, 11) is 3.25. The van der Waals surface area contributed by atoms with Crippen LogP contribution in [0.2, 0.25) is 0 Å². The number of guanidine groups is 1. The second-order valence-corrected chi connectivity index (χ2v) is 5.39. The van der Waals surface area contributed by atoms with Crippen LogP contribution in [-0.2, 0) is 4.74 Å². The normalized spacial score (nSPS) is 14.8. The molecule has 1 aliphatic rings. The predicted molar refractivity (Wildman–Crippen MR) is 97.3 cm³/mol. The summed E-state index contributed by atoms with van der Waals surface area (Å²) in [4.78, 5) is 4.64. The maximum absolute atomic E-state index is 5.33. The van der Waals surface area contributed by atoms with Gasteiger partial charge < -0.3 is 24.8 Å². The van der Waals surface area contributed by atoms with Gasteiger partial charge in [-0.15, -0.1) is 0 Å². The van der Waals surface area contributed by atoms with Crippen molar-refractivity contribution in [3.63, 3.8) is 0 Å². The van der Waals surface area contributed by atoms with Crippen LogP contribution in [0.4, 0.5) is 5.69 Å². The van der Waals surface area contributed by atoms with Crippen LogP contribution >= 0.6 is 0 Å². The van der Waals surface area contributed by atoms with Crippen molar-refractivity contribution in [2.75, 3.05) is 45.8 Å². The Kier molecular flexibility index (Phi) is 7.42. The van der Waals surface area contributed by atoms with E-state index in [1.807, 2.05) is 25.1 Å². The van der Waals surface area contributed by atoms with Gasteiger partial charge in [0.15, 0.2) is 17.5 Å². The van der Waals surface area contributed by atoms with Crippen LogP contribution in [0.25, 0.3) is 0 Å². The molecule has 0 aromatic heterocycles. The third kappa shape index (κ3) is 5.45. The number of benzene rings is 1. The summed E-state index contributed by atoms with van der Waals surface area (Å²) in [6.07, 6.45) is 4.13. The van der Waals surface area contributed by atoms with Crippen LogP contribution in [0.15, 0.2) is 34.8 Å². The van der Waals surface area contributed by atoms with Crippen molar-refractivity contribution >= 4 is 11.6 Å². The van der Waals surface area contributed by atoms with Gasteiger partial charge in [0.05, 0.1) is 27.4 Å². The van der Waals surface area contributed by atoms with Gasteiger partial charge in [-0.05, 0) is 31.9 Å². The lowest BCUT2D eigenvalue weighted by atomic mass is 10.1. The van der Waals surface area contributed by atoms with Gasteiger partial charge in [-0.1, -0.05) is 11.6 Å². The van der Waals surface area contributed by atoms with E-state index in [0.29, 0.717) is 11.5 Å². The summed E-state index contributed by atoms with van der Waals surface area (Å²) in [5, 5.41) is 6.56. The fraction of sp³-hybridized carbons (Fsp3) is 0.500. The van der Waals surface area contributed by atoms with E-state index in [0.717, 1.165) is 50.8 Å². The highest BCUT2D eigenvalue weighted by atomic mass is 16.5. The number of nitrogens with one attached hydrogen (secondary N) is 2. The first-order valence-corrected chi connectivity index (χ1v) is 8.29. The average Bonchev–Trinajstić information content (AvgIpc) is 2.62. The standard InChI is InChI=1S/C18H27N3O3/c1-4-19-18(20-10-7-14-8-11-24-12-9-14)21-15-5-6-16(22-2)17(13-15)23-3/h5-6,8,13H,4,7,9-12H2,1-3H3,(H2,19,20,21). The van der Waals surface area contributed by atoms with E-state index in [1.54, 1.807) is 14.2 Å². The lowest BCUT2D eigenvalue weighted by Crippen LogP contribution is -2.30. The first-order valence-electron chi connectivity index (χ1n) is 8.29. The second kappa shape index (κ2) is 9.82. The molecular formula is C18H27N3O3. The molecule has 0 saturated carbocycles. The fourth-order valence-electron chi connectivity index (χ4n) is 2.46. The molecule has 1 aromatic carbocycles. The first-order chi connectivity index (χ1) is 11.8. The fourth-order valence-corrected chi connectivity index (χ4v) is 2.46. The minimum absolute atomic E-state index is 0.686. The first kappa shape index (κ1) is 18.1. The number of methoxy groups -OCH3 is 2. The van der Waals surface area contributed by atoms with Gasteiger partial charge in [-0.3, -0.25) is 4.99 Å². The molecule has 2 rings (SSSR count). The molecule has 1 aromatic rings. The van der Waals surface area contributed by atoms with Gasteiger partial charge in [-0.2, -0.15) is 0 Å². The Bertz CT molecular complexity index is 585. The molecule has 0 bridgehead atoms. The molecule has 2 N–H and O–H groups in total. The number of rotatable bonds is 7. The van der Waals surface area contributed by atoms with E-state index in [-0.39, 0.29) is 0 Å². The van der Waals surface area contributed by atoms with E-state index in [9.17, 15) is 0 Å². The highest BCUT2D eigenvalue weighted by molar-refractivity contribution is 5.93. The molecule has 1 heterocycles. The van der Waals surface area contributed by atoms with Crippen molar-refractivity contribution < 1.29 is 14.2 Å². The van der Waals surface area contributed by atoms with Crippen LogP contribution in [0.5, 0.6) is 11.5 Å². The van der Waals surface area contributed by atoms with E-state index < -0.39 is 0 Å². The molecule has 0 amide bonds. The van der Waals surface area contributed by atoms with Crippen molar-refractivity contribution in [2.24, 2.45) is 4.99 Å². The summed E-state index contributed by atoms with van der Waals surface area (Å²) in [5.74, 6) is 2.15. The zero-order valence-electron chi connectivity index (χ0n) is 14.7. The second-order valence-electron chi connectivity index (χ2n) is 5.39. The molecule has 6 nitrogen and oxygen atoms in total. The SMILES string of the molecule is CCNC(=NCCC1=CCOCC1)Nc1ccc(OC)c(OC)c1. The Hall–Kier alpha value is -2.21. The van der Waals surface area contributed by atoms with E-state index in [1.165, 1.54) is 5.57 Å². The topological polar surface area (TPSA) is 64.1 Å². The van der Waals surface area contributed by atoms with Crippen molar-refractivity contribution in [3.05, 3.63) is 29.8 Å². The van der Waals surface area contributed by atoms with Gasteiger partial charge >= 0.3 is 0 Å². The van der Waals surface area contributed by atoms with Crippen molar-refractivity contribution in [3.8, 4) is 11.5 Å². The molecular weight excluding hydrogens is 306 g/mol. The smallest absolute Gasteiger partial charge is 0.195 e. The minimum Gasteiger partial charge on any atom is -0.493 e. The molecule has 6 heteroatoms. The van der Waals surface area contributed by atoms with Crippen LogP contribution < -0.4 is 20.1 Å². The van der Waals surface area contributed by atoms with Crippen molar-refractivity contribution in [1.82, 2.24) is 5.32 Å². The predicted octanol–water partition coefficient (Wildman–Crippen LogP) is 2.82. The number of anilines is 1. The number of hydrogen-bond donors (Lipinski definition) is 2. The maximum atomic E-state index is 5.33. The third-order valence-electron chi connectivity index (χ3n) is 3.75. The molecule has 24 heavy (non-hydrogen) atoms. The van der Waals surface area contributed by atoms with Crippen LogP contribution in [-0.4, -0.2) is 46.5 Å². The Labute approximate surface area is 143 Å². The Morgan fingerprint density at radius 1 is 1.25 bits per heavy atom. The van der Waals surface area contributed by atoms with Crippen molar-refractivity contribution in [2.45, 2.75) is 19.8 Å². The Balaban J connectivity index is 1.99. The third-order valence-corrected chi connectivity index (χ3v) is 3.75.